The number of anilines is 2. The molecule has 0 fully saturated rings. The smallest absolute Gasteiger partial charge is 0.323 e. The van der Waals surface area contributed by atoms with Crippen LogP contribution in [0.5, 0.6) is 28.7 Å². The molecule has 3 aliphatic rings. The van der Waals surface area contributed by atoms with Crippen LogP contribution in [0.2, 0.25) is 0 Å². The Balaban J connectivity index is 1.24. The van der Waals surface area contributed by atoms with Gasteiger partial charge in [0.05, 0.1) is 23.9 Å². The van der Waals surface area contributed by atoms with Crippen molar-refractivity contribution in [3.8, 4) is 28.7 Å². The van der Waals surface area contributed by atoms with Crippen molar-refractivity contribution in [3.05, 3.63) is 65.7 Å². The highest BCUT2D eigenvalue weighted by molar-refractivity contribution is 6.04. The molecule has 3 atom stereocenters. The van der Waals surface area contributed by atoms with Gasteiger partial charge in [0.2, 0.25) is 13.6 Å². The maximum absolute atomic E-state index is 13.8. The minimum atomic E-state index is -0.513. The standard InChI is InChI=1S/C32H36N4O8/c1-19-13-36(20(2)16-37)31(38)23-5-4-6-24(34-32(39)33-22-8-10-26-28(12-22)43-18-41-26)30(23)44-29(19)15-35(3)14-21-7-9-25-27(11-21)42-17-40-25/h4-12,19-20,29,37H,13-18H2,1-3H3,(H2,33,34,39)/t19-,20+,29-/m0/s1. The van der Waals surface area contributed by atoms with Crippen molar-refractivity contribution in [1.82, 2.24) is 9.80 Å². The Bertz CT molecular complexity index is 1550. The van der Waals surface area contributed by atoms with Crippen molar-refractivity contribution < 1.29 is 38.4 Å². The molecular weight excluding hydrogens is 568 g/mol. The van der Waals surface area contributed by atoms with E-state index in [9.17, 15) is 14.7 Å². The Morgan fingerprint density at radius 1 is 1.00 bits per heavy atom. The van der Waals surface area contributed by atoms with E-state index < -0.39 is 12.1 Å². The molecule has 3 amide bonds. The fraction of sp³-hybridized carbons (Fsp3) is 0.375. The number of benzene rings is 3. The van der Waals surface area contributed by atoms with Crippen molar-refractivity contribution in [2.45, 2.75) is 32.5 Å². The first kappa shape index (κ1) is 29.4. The molecule has 3 N–H and O–H groups in total. The number of hydrogen-bond acceptors (Lipinski definition) is 9. The van der Waals surface area contributed by atoms with E-state index in [2.05, 4.69) is 15.5 Å². The van der Waals surface area contributed by atoms with Gasteiger partial charge in [0, 0.05) is 37.3 Å². The largest absolute Gasteiger partial charge is 0.486 e. The molecular formula is C32H36N4O8. The number of aliphatic hydroxyl groups is 1. The number of urea groups is 1. The number of nitrogens with zero attached hydrogens (tertiary/aromatic N) is 2. The summed E-state index contributed by atoms with van der Waals surface area (Å²) < 4.78 is 28.4. The molecule has 0 aromatic heterocycles. The second kappa shape index (κ2) is 12.5. The Morgan fingerprint density at radius 3 is 2.45 bits per heavy atom. The summed E-state index contributed by atoms with van der Waals surface area (Å²) in [6.07, 6.45) is -0.353. The van der Waals surface area contributed by atoms with E-state index >= 15 is 0 Å². The summed E-state index contributed by atoms with van der Waals surface area (Å²) in [5, 5.41) is 15.6. The van der Waals surface area contributed by atoms with Gasteiger partial charge in [-0.15, -0.1) is 0 Å². The van der Waals surface area contributed by atoms with E-state index in [1.807, 2.05) is 39.1 Å². The highest BCUT2D eigenvalue weighted by atomic mass is 16.7. The summed E-state index contributed by atoms with van der Waals surface area (Å²) in [4.78, 5) is 30.7. The van der Waals surface area contributed by atoms with E-state index in [0.717, 1.165) is 17.1 Å². The first-order valence-corrected chi connectivity index (χ1v) is 14.5. The molecule has 6 rings (SSSR count). The minimum absolute atomic E-state index is 0.101. The van der Waals surface area contributed by atoms with Crippen LogP contribution in [0.4, 0.5) is 16.2 Å². The molecule has 0 bridgehead atoms. The quantitative estimate of drug-likeness (QED) is 0.347. The van der Waals surface area contributed by atoms with Gasteiger partial charge in [0.1, 0.15) is 6.10 Å². The van der Waals surface area contributed by atoms with Crippen LogP contribution in [0.3, 0.4) is 0 Å². The summed E-state index contributed by atoms with van der Waals surface area (Å²) in [5.74, 6) is 2.51. The highest BCUT2D eigenvalue weighted by Crippen LogP contribution is 2.37. The van der Waals surface area contributed by atoms with Crippen LogP contribution in [-0.4, -0.2) is 79.3 Å². The monoisotopic (exact) mass is 604 g/mol. The lowest BCUT2D eigenvalue weighted by molar-refractivity contribution is 0.0343. The summed E-state index contributed by atoms with van der Waals surface area (Å²) in [7, 11) is 2.00. The Hall–Kier alpha value is -4.68. The lowest BCUT2D eigenvalue weighted by Gasteiger charge is -2.38. The third-order valence-electron chi connectivity index (χ3n) is 7.95. The van der Waals surface area contributed by atoms with Gasteiger partial charge in [-0.3, -0.25) is 9.69 Å². The maximum atomic E-state index is 13.8. The van der Waals surface area contributed by atoms with Gasteiger partial charge in [0.15, 0.2) is 28.7 Å². The molecule has 3 aromatic carbocycles. The number of para-hydroxylation sites is 1. The van der Waals surface area contributed by atoms with E-state index in [4.69, 9.17) is 23.7 Å². The van der Waals surface area contributed by atoms with Crippen LogP contribution in [0, 0.1) is 5.92 Å². The van der Waals surface area contributed by atoms with E-state index in [1.165, 1.54) is 0 Å². The molecule has 0 spiro atoms. The maximum Gasteiger partial charge on any atom is 0.323 e. The van der Waals surface area contributed by atoms with E-state index in [-0.39, 0.29) is 43.9 Å². The lowest BCUT2D eigenvalue weighted by atomic mass is 9.99. The third-order valence-corrected chi connectivity index (χ3v) is 7.95. The Labute approximate surface area is 255 Å². The SMILES string of the molecule is C[C@H](CO)N1C[C@H](C)[C@H](CN(C)Cc2ccc3c(c2)OCO3)Oc2c(NC(=O)Nc3ccc4c(c3)OCO4)cccc2C1=O. The van der Waals surface area contributed by atoms with Crippen LogP contribution in [0.1, 0.15) is 29.8 Å². The van der Waals surface area contributed by atoms with Gasteiger partial charge in [-0.1, -0.05) is 19.1 Å². The summed E-state index contributed by atoms with van der Waals surface area (Å²) >= 11 is 0. The van der Waals surface area contributed by atoms with Crippen LogP contribution in [-0.2, 0) is 6.54 Å². The number of amides is 3. The zero-order valence-corrected chi connectivity index (χ0v) is 24.9. The average Bonchev–Trinajstić information content (AvgIpc) is 3.68. The van der Waals surface area contributed by atoms with Crippen molar-refractivity contribution in [3.63, 3.8) is 0 Å². The topological polar surface area (TPSA) is 131 Å². The molecule has 44 heavy (non-hydrogen) atoms. The second-order valence-corrected chi connectivity index (χ2v) is 11.3. The summed E-state index contributed by atoms with van der Waals surface area (Å²) in [5.41, 5.74) is 2.23. The number of aliphatic hydroxyl groups excluding tert-OH is 1. The van der Waals surface area contributed by atoms with E-state index in [0.29, 0.717) is 48.1 Å². The van der Waals surface area contributed by atoms with Gasteiger partial charge in [-0.25, -0.2) is 4.79 Å². The Morgan fingerprint density at radius 2 is 1.70 bits per heavy atom. The first-order valence-electron chi connectivity index (χ1n) is 14.5. The number of nitrogens with one attached hydrogen (secondary N) is 2. The van der Waals surface area contributed by atoms with E-state index in [1.54, 1.807) is 41.3 Å². The molecule has 3 aromatic rings. The number of likely N-dealkylation sites (N-methyl/N-ethyl adjacent to an activating group) is 1. The fourth-order valence-corrected chi connectivity index (χ4v) is 5.54. The molecule has 0 aliphatic carbocycles. The number of hydrogen-bond donors (Lipinski definition) is 3. The van der Waals surface area contributed by atoms with Crippen molar-refractivity contribution in [2.24, 2.45) is 5.92 Å². The van der Waals surface area contributed by atoms with Crippen LogP contribution in [0.25, 0.3) is 0 Å². The molecule has 12 nitrogen and oxygen atoms in total. The fourth-order valence-electron chi connectivity index (χ4n) is 5.54. The molecule has 3 aliphatic heterocycles. The summed E-state index contributed by atoms with van der Waals surface area (Å²) in [6, 6.07) is 15.2. The molecule has 0 saturated carbocycles. The van der Waals surface area contributed by atoms with Gasteiger partial charge in [-0.2, -0.15) is 0 Å². The molecule has 12 heteroatoms. The highest BCUT2D eigenvalue weighted by Gasteiger charge is 2.34. The van der Waals surface area contributed by atoms with Crippen LogP contribution >= 0.6 is 0 Å². The molecule has 3 heterocycles. The molecule has 0 saturated heterocycles. The molecule has 0 unspecified atom stereocenters. The van der Waals surface area contributed by atoms with Crippen molar-refractivity contribution >= 4 is 23.3 Å². The predicted octanol–water partition coefficient (Wildman–Crippen LogP) is 4.14. The second-order valence-electron chi connectivity index (χ2n) is 11.3. The number of carbonyl (C=O) groups excluding carboxylic acids is 2. The first-order chi connectivity index (χ1) is 21.3. The number of fused-ring (bicyclic) bond motifs is 3. The van der Waals surface area contributed by atoms with Gasteiger partial charge in [-0.05, 0) is 55.9 Å². The van der Waals surface area contributed by atoms with Crippen molar-refractivity contribution in [2.75, 3.05) is 51.0 Å². The van der Waals surface area contributed by atoms with Gasteiger partial charge in [0.25, 0.3) is 5.91 Å². The molecule has 0 radical (unpaired) electrons. The van der Waals surface area contributed by atoms with Gasteiger partial charge < -0.3 is 44.3 Å². The van der Waals surface area contributed by atoms with Crippen molar-refractivity contribution in [1.29, 1.82) is 0 Å². The third kappa shape index (κ3) is 6.17. The number of ether oxygens (including phenoxy) is 5. The summed E-state index contributed by atoms with van der Waals surface area (Å²) in [6.45, 7) is 5.55. The average molecular weight is 605 g/mol. The molecule has 232 valence electrons. The lowest BCUT2D eigenvalue weighted by Crippen LogP contribution is -2.49. The zero-order valence-electron chi connectivity index (χ0n) is 24.9. The van der Waals surface area contributed by atoms with Crippen LogP contribution < -0.4 is 34.3 Å². The van der Waals surface area contributed by atoms with Crippen LogP contribution in [0.15, 0.2) is 54.6 Å². The number of rotatable bonds is 8. The van der Waals surface area contributed by atoms with Gasteiger partial charge >= 0.3 is 6.03 Å². The Kier molecular flexibility index (Phi) is 8.36. The minimum Gasteiger partial charge on any atom is -0.486 e. The normalized spacial score (nSPS) is 19.1. The number of carbonyl (C=O) groups is 2. The zero-order chi connectivity index (χ0) is 30.8. The predicted molar refractivity (Wildman–Crippen MR) is 162 cm³/mol.